The number of fused-ring (bicyclic) bond motifs is 1. The van der Waals surface area contributed by atoms with Crippen molar-refractivity contribution in [1.82, 2.24) is 9.47 Å². The fourth-order valence-corrected chi connectivity index (χ4v) is 5.81. The van der Waals surface area contributed by atoms with Crippen LogP contribution in [0.3, 0.4) is 0 Å². The maximum absolute atomic E-state index is 12.6. The Morgan fingerprint density at radius 3 is 2.69 bits per heavy atom. The molecule has 0 saturated carbocycles. The molecule has 1 aliphatic rings. The van der Waals surface area contributed by atoms with Crippen molar-refractivity contribution in [3.05, 3.63) is 28.6 Å². The number of hydrogen-bond acceptors (Lipinski definition) is 8. The van der Waals surface area contributed by atoms with Crippen LogP contribution in [0.25, 0.3) is 10.2 Å². The van der Waals surface area contributed by atoms with Crippen molar-refractivity contribution in [3.63, 3.8) is 0 Å². The number of aromatic nitrogens is 1. The molecule has 2 aromatic rings. The number of thiazole rings is 1. The molecule has 0 radical (unpaired) electrons. The second-order valence-electron chi connectivity index (χ2n) is 8.09. The van der Waals surface area contributed by atoms with Gasteiger partial charge < -0.3 is 18.9 Å². The quantitative estimate of drug-likeness (QED) is 0.467. The second kappa shape index (κ2) is 12.9. The highest BCUT2D eigenvalue weighted by Crippen LogP contribution is 2.22. The van der Waals surface area contributed by atoms with Crippen LogP contribution < -0.4 is 4.80 Å². The van der Waals surface area contributed by atoms with E-state index in [4.69, 9.17) is 9.47 Å². The molecule has 0 bridgehead atoms. The van der Waals surface area contributed by atoms with Crippen LogP contribution in [0.4, 0.5) is 0 Å². The van der Waals surface area contributed by atoms with E-state index < -0.39 is 17.8 Å². The van der Waals surface area contributed by atoms with Crippen molar-refractivity contribution < 1.29 is 28.7 Å². The predicted octanol–water partition coefficient (Wildman–Crippen LogP) is 3.00. The van der Waals surface area contributed by atoms with Crippen LogP contribution in [0.2, 0.25) is 0 Å². The first kappa shape index (κ1) is 26.9. The monoisotopic (exact) mass is 521 g/mol. The molecule has 0 N–H and O–H groups in total. The molecule has 9 nitrogen and oxygen atoms in total. The SMILES string of the molecule is CCOC(=O)c1ccc2c(c1)sc(=NC(=O)CSCC(=O)N1CCCCC1CC)n2CC(=O)OC. The van der Waals surface area contributed by atoms with Gasteiger partial charge in [0.05, 0.1) is 41.0 Å². The summed E-state index contributed by atoms with van der Waals surface area (Å²) in [7, 11) is 1.29. The number of piperidine rings is 1. The van der Waals surface area contributed by atoms with Gasteiger partial charge in [0.25, 0.3) is 5.91 Å². The summed E-state index contributed by atoms with van der Waals surface area (Å²) < 4.78 is 12.1. The number of carbonyl (C=O) groups is 4. The largest absolute Gasteiger partial charge is 0.468 e. The van der Waals surface area contributed by atoms with Gasteiger partial charge in [-0.3, -0.25) is 14.4 Å². The van der Waals surface area contributed by atoms with Crippen LogP contribution >= 0.6 is 23.1 Å². The van der Waals surface area contributed by atoms with Gasteiger partial charge in [0.15, 0.2) is 4.80 Å². The first-order chi connectivity index (χ1) is 16.9. The van der Waals surface area contributed by atoms with Gasteiger partial charge in [0, 0.05) is 12.6 Å². The number of benzene rings is 1. The van der Waals surface area contributed by atoms with Crippen molar-refractivity contribution in [2.75, 3.05) is 31.8 Å². The fourth-order valence-electron chi connectivity index (χ4n) is 4.05. The number of rotatable bonds is 9. The fraction of sp³-hybridized carbons (Fsp3) is 0.542. The molecular weight excluding hydrogens is 490 g/mol. The predicted molar refractivity (Wildman–Crippen MR) is 135 cm³/mol. The third kappa shape index (κ3) is 6.94. The summed E-state index contributed by atoms with van der Waals surface area (Å²) >= 11 is 2.44. The van der Waals surface area contributed by atoms with Gasteiger partial charge in [0.1, 0.15) is 6.54 Å². The van der Waals surface area contributed by atoms with E-state index in [9.17, 15) is 19.2 Å². The lowest BCUT2D eigenvalue weighted by Gasteiger charge is -2.35. The van der Waals surface area contributed by atoms with Crippen LogP contribution in [0, 0.1) is 0 Å². The number of hydrogen-bond donors (Lipinski definition) is 0. The third-order valence-electron chi connectivity index (χ3n) is 5.80. The van der Waals surface area contributed by atoms with E-state index in [0.717, 1.165) is 32.2 Å². The molecule has 0 aliphatic carbocycles. The maximum Gasteiger partial charge on any atom is 0.338 e. The van der Waals surface area contributed by atoms with Gasteiger partial charge >= 0.3 is 11.9 Å². The average Bonchev–Trinajstić information content (AvgIpc) is 3.19. The van der Waals surface area contributed by atoms with Crippen molar-refractivity contribution in [2.45, 2.75) is 52.1 Å². The van der Waals surface area contributed by atoms with E-state index in [1.54, 1.807) is 29.7 Å². The molecule has 35 heavy (non-hydrogen) atoms. The number of esters is 2. The van der Waals surface area contributed by atoms with Gasteiger partial charge in [-0.25, -0.2) is 4.79 Å². The number of nitrogens with zero attached hydrogens (tertiary/aromatic N) is 3. The number of likely N-dealkylation sites (tertiary alicyclic amines) is 1. The summed E-state index contributed by atoms with van der Waals surface area (Å²) in [4.78, 5) is 55.8. The van der Waals surface area contributed by atoms with Gasteiger partial charge in [0.2, 0.25) is 5.91 Å². The normalized spacial score (nSPS) is 16.4. The summed E-state index contributed by atoms with van der Waals surface area (Å²) in [6.45, 7) is 4.74. The minimum atomic E-state index is -0.486. The standard InChI is InChI=1S/C24H31N3O6S2/c1-4-17-8-6-7-11-26(17)21(29)15-34-14-20(28)25-24-27(13-22(30)32-3)18-10-9-16(12-19(18)35-24)23(31)33-5-2/h9-10,12,17H,4-8,11,13-15H2,1-3H3. The second-order valence-corrected chi connectivity index (χ2v) is 10.1. The summed E-state index contributed by atoms with van der Waals surface area (Å²) in [6, 6.07) is 5.25. The smallest absolute Gasteiger partial charge is 0.338 e. The molecular formula is C24H31N3O6S2. The molecule has 1 unspecified atom stereocenters. The lowest BCUT2D eigenvalue weighted by molar-refractivity contribution is -0.141. The Balaban J connectivity index is 1.76. The molecule has 1 aromatic carbocycles. The molecule has 0 spiro atoms. The number of methoxy groups -OCH3 is 1. The molecule has 1 saturated heterocycles. The Kier molecular flexibility index (Phi) is 9.91. The zero-order valence-electron chi connectivity index (χ0n) is 20.3. The van der Waals surface area contributed by atoms with Crippen LogP contribution in [0.5, 0.6) is 0 Å². The molecule has 190 valence electrons. The summed E-state index contributed by atoms with van der Waals surface area (Å²) in [6.07, 6.45) is 4.14. The number of carbonyl (C=O) groups excluding carboxylic acids is 4. The summed E-state index contributed by atoms with van der Waals surface area (Å²) in [5.41, 5.74) is 1.03. The van der Waals surface area contributed by atoms with Crippen molar-refractivity contribution >= 4 is 57.1 Å². The highest BCUT2D eigenvalue weighted by atomic mass is 32.2. The highest BCUT2D eigenvalue weighted by Gasteiger charge is 2.25. The molecule has 3 rings (SSSR count). The van der Waals surface area contributed by atoms with E-state index in [-0.39, 0.29) is 36.6 Å². The van der Waals surface area contributed by atoms with E-state index in [0.29, 0.717) is 20.6 Å². The molecule has 1 atom stereocenters. The Morgan fingerprint density at radius 1 is 1.17 bits per heavy atom. The molecule has 1 fully saturated rings. The lowest BCUT2D eigenvalue weighted by Crippen LogP contribution is -2.44. The summed E-state index contributed by atoms with van der Waals surface area (Å²) in [5, 5.41) is 0. The maximum atomic E-state index is 12.6. The Bertz CT molecular complexity index is 1160. The average molecular weight is 522 g/mol. The van der Waals surface area contributed by atoms with Crippen molar-refractivity contribution in [3.8, 4) is 0 Å². The van der Waals surface area contributed by atoms with Crippen molar-refractivity contribution in [2.24, 2.45) is 4.99 Å². The molecule has 1 aromatic heterocycles. The zero-order chi connectivity index (χ0) is 25.4. The van der Waals surface area contributed by atoms with Crippen LogP contribution in [-0.2, 0) is 30.4 Å². The summed E-state index contributed by atoms with van der Waals surface area (Å²) in [5.74, 6) is -0.989. The minimum absolute atomic E-state index is 0.0525. The minimum Gasteiger partial charge on any atom is -0.468 e. The Hall–Kier alpha value is -2.66. The molecule has 11 heteroatoms. The van der Waals surface area contributed by atoms with E-state index in [1.807, 2.05) is 4.90 Å². The molecule has 2 amide bonds. The molecule has 1 aliphatic heterocycles. The number of thioether (sulfide) groups is 1. The van der Waals surface area contributed by atoms with Gasteiger partial charge in [-0.05, 0) is 50.8 Å². The topological polar surface area (TPSA) is 107 Å². The first-order valence-electron chi connectivity index (χ1n) is 11.7. The zero-order valence-corrected chi connectivity index (χ0v) is 21.9. The van der Waals surface area contributed by atoms with Gasteiger partial charge in [-0.15, -0.1) is 11.8 Å². The lowest BCUT2D eigenvalue weighted by atomic mass is 10.0. The third-order valence-corrected chi connectivity index (χ3v) is 7.74. The van der Waals surface area contributed by atoms with Crippen molar-refractivity contribution in [1.29, 1.82) is 0 Å². The highest BCUT2D eigenvalue weighted by molar-refractivity contribution is 8.00. The van der Waals surface area contributed by atoms with Crippen LogP contribution in [0.1, 0.15) is 49.9 Å². The molecule has 2 heterocycles. The van der Waals surface area contributed by atoms with Gasteiger partial charge in [-0.1, -0.05) is 18.3 Å². The number of ether oxygens (including phenoxy) is 2. The van der Waals surface area contributed by atoms with Gasteiger partial charge in [-0.2, -0.15) is 4.99 Å². The van der Waals surface area contributed by atoms with E-state index in [1.165, 1.54) is 30.2 Å². The number of amides is 2. The van der Waals surface area contributed by atoms with E-state index >= 15 is 0 Å². The van der Waals surface area contributed by atoms with Crippen LogP contribution in [-0.4, -0.2) is 71.0 Å². The Morgan fingerprint density at radius 2 is 1.97 bits per heavy atom. The van der Waals surface area contributed by atoms with Crippen LogP contribution in [0.15, 0.2) is 23.2 Å². The van der Waals surface area contributed by atoms with E-state index in [2.05, 4.69) is 11.9 Å². The first-order valence-corrected chi connectivity index (χ1v) is 13.7. The Labute approximate surface area is 212 Å².